The van der Waals surface area contributed by atoms with Gasteiger partial charge >= 0.3 is 24.0 Å². The molecule has 45 heavy (non-hydrogen) atoms. The molecular formula is C30H31F8NO5S. The Labute approximate surface area is 254 Å². The van der Waals surface area contributed by atoms with Crippen molar-refractivity contribution in [1.29, 1.82) is 0 Å². The Bertz CT molecular complexity index is 1500. The maximum absolute atomic E-state index is 14.8. The quantitative estimate of drug-likeness (QED) is 0.240. The van der Waals surface area contributed by atoms with Crippen LogP contribution in [-0.2, 0) is 29.8 Å². The summed E-state index contributed by atoms with van der Waals surface area (Å²) in [4.78, 5) is 26.4. The van der Waals surface area contributed by atoms with Crippen molar-refractivity contribution in [2.45, 2.75) is 79.5 Å². The highest BCUT2D eigenvalue weighted by molar-refractivity contribution is 7.92. The van der Waals surface area contributed by atoms with Crippen molar-refractivity contribution < 1.29 is 58.2 Å². The number of carboxylic acid groups (broad SMARTS) is 1. The van der Waals surface area contributed by atoms with Crippen LogP contribution in [0.3, 0.4) is 0 Å². The molecule has 1 amide bonds. The van der Waals surface area contributed by atoms with Crippen LogP contribution in [0.2, 0.25) is 0 Å². The minimum absolute atomic E-state index is 0.160. The average molecular weight is 670 g/mol. The molecule has 1 heterocycles. The summed E-state index contributed by atoms with van der Waals surface area (Å²) in [5, 5.41) is 9.42. The van der Waals surface area contributed by atoms with Crippen molar-refractivity contribution >= 4 is 21.7 Å². The van der Waals surface area contributed by atoms with E-state index in [0.29, 0.717) is 25.0 Å². The van der Waals surface area contributed by atoms with E-state index in [2.05, 4.69) is 0 Å². The maximum atomic E-state index is 14.8. The molecule has 0 aromatic heterocycles. The molecule has 1 saturated heterocycles. The normalized spacial score (nSPS) is 24.9. The monoisotopic (exact) mass is 669 g/mol. The molecule has 4 rings (SSSR count). The number of hydrogen-bond donors (Lipinski definition) is 1. The highest BCUT2D eigenvalue weighted by Gasteiger charge is 2.73. The van der Waals surface area contributed by atoms with Crippen molar-refractivity contribution in [3.63, 3.8) is 0 Å². The van der Waals surface area contributed by atoms with Crippen LogP contribution in [-0.4, -0.2) is 55.7 Å². The molecule has 0 radical (unpaired) electrons. The van der Waals surface area contributed by atoms with Gasteiger partial charge in [0.1, 0.15) is 10.6 Å². The fraction of sp³-hybridized carbons (Fsp3) is 0.533. The van der Waals surface area contributed by atoms with Crippen LogP contribution >= 0.6 is 0 Å². The van der Waals surface area contributed by atoms with Crippen LogP contribution in [0.4, 0.5) is 35.1 Å². The van der Waals surface area contributed by atoms with Gasteiger partial charge in [0, 0.05) is 24.1 Å². The van der Waals surface area contributed by atoms with Gasteiger partial charge in [0.2, 0.25) is 5.91 Å². The number of amides is 1. The molecule has 2 fully saturated rings. The summed E-state index contributed by atoms with van der Waals surface area (Å²) in [7, 11) is -4.60. The molecule has 1 saturated carbocycles. The van der Waals surface area contributed by atoms with E-state index in [1.165, 1.54) is 4.90 Å². The second-order valence-corrected chi connectivity index (χ2v) is 14.1. The Hall–Kier alpha value is -3.23. The minimum Gasteiger partial charge on any atom is -0.481 e. The Balaban J connectivity index is 1.79. The van der Waals surface area contributed by atoms with E-state index in [4.69, 9.17) is 0 Å². The molecule has 1 aliphatic carbocycles. The molecule has 248 valence electrons. The highest BCUT2D eigenvalue weighted by Crippen LogP contribution is 2.54. The van der Waals surface area contributed by atoms with Crippen LogP contribution in [0.5, 0.6) is 0 Å². The molecule has 1 unspecified atom stereocenters. The summed E-state index contributed by atoms with van der Waals surface area (Å²) in [6.45, 7) is 1.13. The lowest BCUT2D eigenvalue weighted by atomic mass is 9.67. The van der Waals surface area contributed by atoms with Gasteiger partial charge in [0.05, 0.1) is 10.8 Å². The minimum atomic E-state index is -6.38. The van der Waals surface area contributed by atoms with E-state index in [0.717, 1.165) is 24.3 Å². The smallest absolute Gasteiger partial charge is 0.435 e. The van der Waals surface area contributed by atoms with E-state index in [9.17, 15) is 58.2 Å². The first kappa shape index (κ1) is 34.6. The number of hydrogen-bond acceptors (Lipinski definition) is 4. The van der Waals surface area contributed by atoms with E-state index in [1.54, 1.807) is 0 Å². The average Bonchev–Trinajstić information content (AvgIpc) is 3.43. The molecule has 6 nitrogen and oxygen atoms in total. The van der Waals surface area contributed by atoms with Crippen molar-refractivity contribution in [2.24, 2.45) is 11.3 Å². The zero-order valence-electron chi connectivity index (χ0n) is 24.0. The van der Waals surface area contributed by atoms with Gasteiger partial charge in [-0.2, -0.15) is 26.3 Å². The van der Waals surface area contributed by atoms with Gasteiger partial charge in [0.25, 0.3) is 0 Å². The number of benzene rings is 2. The first-order valence-electron chi connectivity index (χ1n) is 14.2. The number of rotatable bonds is 8. The molecule has 1 atom stereocenters. The SMILES string of the molecule is CCCC1(C(=O)N2CCC(c3ccc(C(F)(C(F)(F)F)C(F)(F)F)cc3)(S(=O)(=O)c3ccc(F)cc3)C2)CCC(C(=O)O)CC1. The Morgan fingerprint density at radius 2 is 1.42 bits per heavy atom. The third-order valence-corrected chi connectivity index (χ3v) is 11.7. The zero-order chi connectivity index (χ0) is 33.6. The summed E-state index contributed by atoms with van der Waals surface area (Å²) in [6.07, 6.45) is -11.2. The van der Waals surface area contributed by atoms with E-state index in [1.807, 2.05) is 6.92 Å². The number of aliphatic carboxylic acids is 1. The van der Waals surface area contributed by atoms with Crippen LogP contribution < -0.4 is 0 Å². The Kier molecular flexibility index (Phi) is 9.12. The molecular weight excluding hydrogens is 638 g/mol. The number of halogens is 8. The van der Waals surface area contributed by atoms with Crippen LogP contribution in [0.15, 0.2) is 53.4 Å². The van der Waals surface area contributed by atoms with E-state index >= 15 is 0 Å². The van der Waals surface area contributed by atoms with Gasteiger partial charge in [-0.15, -0.1) is 0 Å². The van der Waals surface area contributed by atoms with Crippen molar-refractivity contribution in [3.8, 4) is 0 Å². The van der Waals surface area contributed by atoms with E-state index < -0.39 is 78.6 Å². The third kappa shape index (κ3) is 5.80. The first-order chi connectivity index (χ1) is 20.8. The second-order valence-electron chi connectivity index (χ2n) is 11.8. The predicted octanol–water partition coefficient (Wildman–Crippen LogP) is 7.08. The predicted molar refractivity (Wildman–Crippen MR) is 145 cm³/mol. The number of carbonyl (C=O) groups is 2. The van der Waals surface area contributed by atoms with Gasteiger partial charge in [-0.25, -0.2) is 17.2 Å². The maximum Gasteiger partial charge on any atom is 0.435 e. The van der Waals surface area contributed by atoms with Crippen molar-refractivity contribution in [2.75, 3.05) is 13.1 Å². The molecule has 2 aromatic rings. The van der Waals surface area contributed by atoms with Crippen LogP contribution in [0, 0.1) is 17.2 Å². The fourth-order valence-corrected chi connectivity index (χ4v) is 8.78. The molecule has 2 aromatic carbocycles. The van der Waals surface area contributed by atoms with Crippen LogP contribution in [0.25, 0.3) is 0 Å². The third-order valence-electron chi connectivity index (χ3n) is 9.22. The molecule has 1 aliphatic heterocycles. The lowest BCUT2D eigenvalue weighted by molar-refractivity contribution is -0.348. The van der Waals surface area contributed by atoms with Gasteiger partial charge in [-0.3, -0.25) is 9.59 Å². The van der Waals surface area contributed by atoms with E-state index in [-0.39, 0.29) is 56.3 Å². The Morgan fingerprint density at radius 3 is 1.89 bits per heavy atom. The Morgan fingerprint density at radius 1 is 0.889 bits per heavy atom. The lowest BCUT2D eigenvalue weighted by Gasteiger charge is -2.41. The first-order valence-corrected chi connectivity index (χ1v) is 15.7. The molecule has 1 N–H and O–H groups in total. The highest BCUT2D eigenvalue weighted by atomic mass is 32.2. The fourth-order valence-electron chi connectivity index (χ4n) is 6.70. The molecule has 0 spiro atoms. The number of nitrogens with zero attached hydrogens (tertiary/aromatic N) is 1. The molecule has 15 heteroatoms. The summed E-state index contributed by atoms with van der Waals surface area (Å²) >= 11 is 0. The number of alkyl halides is 7. The summed E-state index contributed by atoms with van der Waals surface area (Å²) < 4.78 is 135. The summed E-state index contributed by atoms with van der Waals surface area (Å²) in [6, 6.07) is 5.45. The standard InChI is InChI=1S/C30H31F8NO5S/c1-2-13-26(14-11-19(12-15-26)24(40)41)25(42)39-17-16-27(18-39,45(43,44)23-9-7-22(31)8-10-23)20-3-5-21(6-4-20)28(32,29(33,34)35)30(36,37)38/h3-10,19H,2,11-18H2,1H3,(H,40,41). The number of carbonyl (C=O) groups excluding carboxylic acids is 1. The largest absolute Gasteiger partial charge is 0.481 e. The number of carboxylic acids is 1. The second kappa shape index (κ2) is 11.8. The lowest BCUT2D eigenvalue weighted by Crippen LogP contribution is -2.50. The molecule has 2 aliphatic rings. The summed E-state index contributed by atoms with van der Waals surface area (Å²) in [5.41, 5.74) is -8.81. The van der Waals surface area contributed by atoms with Crippen molar-refractivity contribution in [1.82, 2.24) is 4.90 Å². The van der Waals surface area contributed by atoms with Crippen LogP contribution in [0.1, 0.15) is 63.0 Å². The zero-order valence-corrected chi connectivity index (χ0v) is 24.8. The number of sulfone groups is 1. The van der Waals surface area contributed by atoms with Gasteiger partial charge < -0.3 is 10.0 Å². The van der Waals surface area contributed by atoms with Gasteiger partial charge in [0.15, 0.2) is 9.84 Å². The van der Waals surface area contributed by atoms with Gasteiger partial charge in [-0.05, 0) is 68.4 Å². The topological polar surface area (TPSA) is 91.8 Å². The summed E-state index contributed by atoms with van der Waals surface area (Å²) in [5.74, 6) is -2.84. The number of likely N-dealkylation sites (tertiary alicyclic amines) is 1. The van der Waals surface area contributed by atoms with Crippen molar-refractivity contribution in [3.05, 3.63) is 65.5 Å². The van der Waals surface area contributed by atoms with Gasteiger partial charge in [-0.1, -0.05) is 37.6 Å². The molecule has 0 bridgehead atoms.